The van der Waals surface area contributed by atoms with Crippen LogP contribution in [0.5, 0.6) is 0 Å². The Balaban J connectivity index is 1.69. The predicted octanol–water partition coefficient (Wildman–Crippen LogP) is 4.24. The van der Waals surface area contributed by atoms with Gasteiger partial charge in [0.05, 0.1) is 10.5 Å². The molecule has 0 spiro atoms. The first-order valence-corrected chi connectivity index (χ1v) is 9.87. The maximum Gasteiger partial charge on any atom is 0.251 e. The number of aliphatic hydroxyl groups excluding tert-OH is 1. The molecule has 1 aromatic heterocycles. The van der Waals surface area contributed by atoms with Crippen LogP contribution in [-0.2, 0) is 0 Å². The molecule has 1 aliphatic rings. The average molecular weight is 412 g/mol. The van der Waals surface area contributed by atoms with Crippen molar-refractivity contribution in [2.45, 2.75) is 38.0 Å². The van der Waals surface area contributed by atoms with Gasteiger partial charge in [0, 0.05) is 43.5 Å². The molecule has 1 aliphatic carbocycles. The number of benzene rings is 1. The summed E-state index contributed by atoms with van der Waals surface area (Å²) in [5.74, 6) is -2.14. The van der Waals surface area contributed by atoms with Gasteiger partial charge >= 0.3 is 0 Å². The molecule has 1 fully saturated rings. The van der Waals surface area contributed by atoms with Crippen LogP contribution in [0.25, 0.3) is 10.9 Å². The molecule has 0 saturated heterocycles. The minimum atomic E-state index is -2.57. The van der Waals surface area contributed by atoms with E-state index in [-0.39, 0.29) is 31.3 Å². The lowest BCUT2D eigenvalue weighted by atomic mass is 9.87. The lowest BCUT2D eigenvalue weighted by molar-refractivity contribution is -0.0452. The molecule has 8 heteroatoms. The number of hydrogen-bond donors (Lipinski definition) is 3. The number of nitrogens with one attached hydrogen (secondary N) is 2. The molecular weight excluding hydrogens is 388 g/mol. The van der Waals surface area contributed by atoms with E-state index < -0.39 is 5.92 Å². The largest absolute Gasteiger partial charge is 0.396 e. The summed E-state index contributed by atoms with van der Waals surface area (Å²) in [6.45, 7) is 1.05. The first-order chi connectivity index (χ1) is 13.4. The molecule has 3 N–H and O–H groups in total. The molecule has 0 aliphatic heterocycles. The van der Waals surface area contributed by atoms with Crippen LogP contribution in [0.4, 0.5) is 14.6 Å². The highest BCUT2D eigenvalue weighted by molar-refractivity contribution is 6.35. The smallest absolute Gasteiger partial charge is 0.251 e. The maximum absolute atomic E-state index is 13.3. The second kappa shape index (κ2) is 9.01. The van der Waals surface area contributed by atoms with E-state index in [2.05, 4.69) is 15.6 Å². The van der Waals surface area contributed by atoms with Gasteiger partial charge in [-0.2, -0.15) is 0 Å². The minimum Gasteiger partial charge on any atom is -0.396 e. The third kappa shape index (κ3) is 5.08. The lowest BCUT2D eigenvalue weighted by Crippen LogP contribution is -2.34. The zero-order valence-corrected chi connectivity index (χ0v) is 16.2. The van der Waals surface area contributed by atoms with E-state index in [1.165, 1.54) is 0 Å². The Morgan fingerprint density at radius 3 is 2.71 bits per heavy atom. The topological polar surface area (TPSA) is 74.2 Å². The summed E-state index contributed by atoms with van der Waals surface area (Å²) in [5.41, 5.74) is 0.968. The third-order valence-electron chi connectivity index (χ3n) is 5.08. The van der Waals surface area contributed by atoms with Gasteiger partial charge in [-0.15, -0.1) is 0 Å². The van der Waals surface area contributed by atoms with E-state index in [9.17, 15) is 13.6 Å². The Kier molecular flexibility index (Phi) is 6.67. The molecule has 3 rings (SSSR count). The molecule has 0 bridgehead atoms. The van der Waals surface area contributed by atoms with Crippen molar-refractivity contribution >= 4 is 34.2 Å². The standard InChI is InChI=1S/C20H24ClF2N3O2/c21-16-4-2-15(14-3-5-17(26-18(14)16)24-10-1-11-27)19(28)25-12-13-6-8-20(22,23)9-7-13/h2-5,13,27H,1,6-12H2,(H,24,26)(H,25,28). The molecule has 2 aromatic rings. The fourth-order valence-electron chi connectivity index (χ4n) is 3.41. The van der Waals surface area contributed by atoms with Crippen molar-refractivity contribution in [3.05, 3.63) is 34.9 Å². The van der Waals surface area contributed by atoms with E-state index in [0.717, 1.165) is 0 Å². The van der Waals surface area contributed by atoms with Gasteiger partial charge < -0.3 is 15.7 Å². The van der Waals surface area contributed by atoms with Gasteiger partial charge in [0.15, 0.2) is 0 Å². The van der Waals surface area contributed by atoms with Crippen molar-refractivity contribution in [1.82, 2.24) is 10.3 Å². The van der Waals surface area contributed by atoms with Crippen molar-refractivity contribution in [3.63, 3.8) is 0 Å². The number of alkyl halides is 2. The number of carbonyl (C=O) groups excluding carboxylic acids is 1. The number of nitrogens with zero attached hydrogens (tertiary/aromatic N) is 1. The number of pyridine rings is 1. The highest BCUT2D eigenvalue weighted by atomic mass is 35.5. The van der Waals surface area contributed by atoms with Crippen LogP contribution in [0.1, 0.15) is 42.5 Å². The van der Waals surface area contributed by atoms with E-state index in [4.69, 9.17) is 16.7 Å². The Morgan fingerprint density at radius 1 is 1.25 bits per heavy atom. The van der Waals surface area contributed by atoms with Crippen LogP contribution < -0.4 is 10.6 Å². The molecular formula is C20H24ClF2N3O2. The third-order valence-corrected chi connectivity index (χ3v) is 5.39. The van der Waals surface area contributed by atoms with Crippen LogP contribution >= 0.6 is 11.6 Å². The quantitative estimate of drug-likeness (QED) is 0.596. The van der Waals surface area contributed by atoms with E-state index in [0.29, 0.717) is 59.7 Å². The first-order valence-electron chi connectivity index (χ1n) is 9.49. The number of aromatic nitrogens is 1. The molecule has 1 amide bonds. The molecule has 1 aromatic carbocycles. The van der Waals surface area contributed by atoms with E-state index in [1.807, 2.05) is 0 Å². The number of aliphatic hydroxyl groups is 1. The number of amides is 1. The minimum absolute atomic E-state index is 0.0718. The van der Waals surface area contributed by atoms with Crippen LogP contribution in [0.15, 0.2) is 24.3 Å². The Labute approximate surface area is 167 Å². The summed E-state index contributed by atoms with van der Waals surface area (Å²) in [5, 5.41) is 15.9. The lowest BCUT2D eigenvalue weighted by Gasteiger charge is -2.28. The van der Waals surface area contributed by atoms with Gasteiger partial charge in [-0.25, -0.2) is 13.8 Å². The number of fused-ring (bicyclic) bond motifs is 1. The van der Waals surface area contributed by atoms with Crippen molar-refractivity contribution in [3.8, 4) is 0 Å². The molecule has 0 atom stereocenters. The van der Waals surface area contributed by atoms with Crippen LogP contribution in [0.2, 0.25) is 5.02 Å². The average Bonchev–Trinajstić information content (AvgIpc) is 2.68. The van der Waals surface area contributed by atoms with Gasteiger partial charge in [0.2, 0.25) is 5.92 Å². The summed E-state index contributed by atoms with van der Waals surface area (Å²) in [4.78, 5) is 17.1. The summed E-state index contributed by atoms with van der Waals surface area (Å²) in [7, 11) is 0. The fourth-order valence-corrected chi connectivity index (χ4v) is 3.62. The van der Waals surface area contributed by atoms with Crippen LogP contribution in [-0.4, -0.2) is 41.6 Å². The number of anilines is 1. The highest BCUT2D eigenvalue weighted by Gasteiger charge is 2.34. The summed E-state index contributed by atoms with van der Waals surface area (Å²) in [6, 6.07) is 6.82. The summed E-state index contributed by atoms with van der Waals surface area (Å²) in [6.07, 6.45) is 1.20. The van der Waals surface area contributed by atoms with Crippen molar-refractivity contribution in [2.24, 2.45) is 5.92 Å². The summed E-state index contributed by atoms with van der Waals surface area (Å²) < 4.78 is 26.5. The molecule has 28 heavy (non-hydrogen) atoms. The van der Waals surface area contributed by atoms with Gasteiger partial charge in [-0.05, 0) is 49.4 Å². The molecule has 0 unspecified atom stereocenters. The molecule has 0 radical (unpaired) electrons. The molecule has 1 heterocycles. The van der Waals surface area contributed by atoms with E-state index in [1.54, 1.807) is 24.3 Å². The Morgan fingerprint density at radius 2 is 2.00 bits per heavy atom. The summed E-state index contributed by atoms with van der Waals surface area (Å²) >= 11 is 6.26. The van der Waals surface area contributed by atoms with Crippen molar-refractivity contribution in [2.75, 3.05) is 25.0 Å². The Bertz CT molecular complexity index is 838. The van der Waals surface area contributed by atoms with Crippen molar-refractivity contribution in [1.29, 1.82) is 0 Å². The highest BCUT2D eigenvalue weighted by Crippen LogP contribution is 2.35. The fraction of sp³-hybridized carbons (Fsp3) is 0.500. The Hall–Kier alpha value is -1.99. The van der Waals surface area contributed by atoms with Gasteiger partial charge in [-0.1, -0.05) is 11.6 Å². The number of rotatable bonds is 7. The van der Waals surface area contributed by atoms with Gasteiger partial charge in [0.1, 0.15) is 5.82 Å². The zero-order chi connectivity index (χ0) is 20.1. The second-order valence-electron chi connectivity index (χ2n) is 7.20. The van der Waals surface area contributed by atoms with Crippen LogP contribution in [0.3, 0.4) is 0 Å². The second-order valence-corrected chi connectivity index (χ2v) is 7.61. The SMILES string of the molecule is O=C(NCC1CCC(F)(F)CC1)c1ccc(Cl)c2nc(NCCCO)ccc12. The number of hydrogen-bond acceptors (Lipinski definition) is 4. The van der Waals surface area contributed by atoms with Crippen molar-refractivity contribution < 1.29 is 18.7 Å². The monoisotopic (exact) mass is 411 g/mol. The zero-order valence-electron chi connectivity index (χ0n) is 15.5. The van der Waals surface area contributed by atoms with E-state index >= 15 is 0 Å². The van der Waals surface area contributed by atoms with Gasteiger partial charge in [0.25, 0.3) is 5.91 Å². The first kappa shape index (κ1) is 20.7. The predicted molar refractivity (Wildman–Crippen MR) is 106 cm³/mol. The molecule has 1 saturated carbocycles. The number of halogens is 3. The number of carbonyl (C=O) groups is 1. The normalized spacial score (nSPS) is 16.9. The van der Waals surface area contributed by atoms with Crippen LogP contribution in [0, 0.1) is 5.92 Å². The molecule has 5 nitrogen and oxygen atoms in total. The maximum atomic E-state index is 13.3. The van der Waals surface area contributed by atoms with Gasteiger partial charge in [-0.3, -0.25) is 4.79 Å². The molecule has 152 valence electrons.